The Morgan fingerprint density at radius 2 is 1.97 bits per heavy atom. The number of hydrogen-bond donors (Lipinski definition) is 3. The fourth-order valence-corrected chi connectivity index (χ4v) is 3.33. The molecule has 0 bridgehead atoms. The second-order valence-electron chi connectivity index (χ2n) is 6.93. The van der Waals surface area contributed by atoms with E-state index in [2.05, 4.69) is 10.6 Å². The zero-order chi connectivity index (χ0) is 22.6. The van der Waals surface area contributed by atoms with Crippen LogP contribution in [-0.4, -0.2) is 80.1 Å². The van der Waals surface area contributed by atoms with Gasteiger partial charge in [0.15, 0.2) is 0 Å². The van der Waals surface area contributed by atoms with Gasteiger partial charge in [0.05, 0.1) is 32.8 Å². The maximum absolute atomic E-state index is 12.9. The summed E-state index contributed by atoms with van der Waals surface area (Å²) in [7, 11) is 1.51. The molecule has 1 aromatic carbocycles. The molecule has 2 amide bonds. The average Bonchev–Trinajstić information content (AvgIpc) is 3.09. The third-order valence-electron chi connectivity index (χ3n) is 4.87. The number of fused-ring (bicyclic) bond motifs is 1. The lowest BCUT2D eigenvalue weighted by atomic mass is 10.1. The molecule has 1 heterocycles. The van der Waals surface area contributed by atoms with Gasteiger partial charge < -0.3 is 34.9 Å². The molecule has 10 nitrogen and oxygen atoms in total. The number of carboxylic acids is 1. The lowest BCUT2D eigenvalue weighted by molar-refractivity contribution is -0.138. The van der Waals surface area contributed by atoms with Crippen LogP contribution in [0.3, 0.4) is 0 Å². The zero-order valence-electron chi connectivity index (χ0n) is 17.6. The highest BCUT2D eigenvalue weighted by molar-refractivity contribution is 6.02. The number of anilines is 1. The summed E-state index contributed by atoms with van der Waals surface area (Å²) in [5, 5.41) is 14.3. The summed E-state index contributed by atoms with van der Waals surface area (Å²) in [5.41, 5.74) is 2.14. The number of amides is 2. The molecular weight excluding hydrogens is 406 g/mol. The van der Waals surface area contributed by atoms with Crippen LogP contribution in [0.2, 0.25) is 0 Å². The number of nitrogens with one attached hydrogen (secondary N) is 2. The maximum Gasteiger partial charge on any atom is 0.305 e. The summed E-state index contributed by atoms with van der Waals surface area (Å²) in [5.74, 6) is -1.42. The Labute approximate surface area is 180 Å². The van der Waals surface area contributed by atoms with E-state index >= 15 is 0 Å². The van der Waals surface area contributed by atoms with E-state index in [4.69, 9.17) is 14.6 Å². The number of nitrogens with zero attached hydrogens (tertiary/aromatic N) is 1. The van der Waals surface area contributed by atoms with Crippen LogP contribution < -0.4 is 10.6 Å². The predicted molar refractivity (Wildman–Crippen MR) is 112 cm³/mol. The molecule has 0 radical (unpaired) electrons. The van der Waals surface area contributed by atoms with E-state index in [0.29, 0.717) is 31.9 Å². The van der Waals surface area contributed by atoms with E-state index in [0.717, 1.165) is 17.5 Å². The summed E-state index contributed by atoms with van der Waals surface area (Å²) in [6.45, 7) is 2.02. The van der Waals surface area contributed by atoms with Gasteiger partial charge in [-0.05, 0) is 18.6 Å². The van der Waals surface area contributed by atoms with Crippen LogP contribution in [0.4, 0.5) is 5.69 Å². The Morgan fingerprint density at radius 3 is 2.65 bits per heavy atom. The molecule has 0 aliphatic carbocycles. The van der Waals surface area contributed by atoms with E-state index in [1.54, 1.807) is 12.1 Å². The Hall–Kier alpha value is -2.98. The van der Waals surface area contributed by atoms with Gasteiger partial charge in [-0.2, -0.15) is 0 Å². The number of carbonyl (C=O) groups is 4. The summed E-state index contributed by atoms with van der Waals surface area (Å²) in [4.78, 5) is 47.8. The minimum absolute atomic E-state index is 0.0354. The molecule has 1 aliphatic rings. The monoisotopic (exact) mass is 435 g/mol. The van der Waals surface area contributed by atoms with Crippen LogP contribution in [0.15, 0.2) is 18.2 Å². The van der Waals surface area contributed by atoms with Crippen molar-refractivity contribution in [2.24, 2.45) is 0 Å². The molecule has 0 saturated carbocycles. The molecule has 10 heteroatoms. The van der Waals surface area contributed by atoms with Crippen LogP contribution in [0.5, 0.6) is 0 Å². The highest BCUT2D eigenvalue weighted by Crippen LogP contribution is 2.31. The van der Waals surface area contributed by atoms with Gasteiger partial charge in [0.25, 0.3) is 5.91 Å². The van der Waals surface area contributed by atoms with E-state index in [9.17, 15) is 19.2 Å². The molecule has 0 saturated heterocycles. The zero-order valence-corrected chi connectivity index (χ0v) is 17.6. The van der Waals surface area contributed by atoms with Crippen LogP contribution >= 0.6 is 0 Å². The molecule has 1 unspecified atom stereocenters. The van der Waals surface area contributed by atoms with Crippen LogP contribution in [-0.2, 0) is 30.4 Å². The van der Waals surface area contributed by atoms with Gasteiger partial charge >= 0.3 is 5.97 Å². The van der Waals surface area contributed by atoms with Gasteiger partial charge in [0.1, 0.15) is 12.3 Å². The number of carbonyl (C=O) groups excluding carboxylic acids is 3. The van der Waals surface area contributed by atoms with Crippen molar-refractivity contribution in [3.63, 3.8) is 0 Å². The van der Waals surface area contributed by atoms with Crippen LogP contribution in [0, 0.1) is 0 Å². The van der Waals surface area contributed by atoms with E-state index in [1.165, 1.54) is 11.9 Å². The van der Waals surface area contributed by atoms with E-state index < -0.39 is 12.0 Å². The smallest absolute Gasteiger partial charge is 0.305 e. The molecule has 2 rings (SSSR count). The second kappa shape index (κ2) is 12.7. The average molecular weight is 435 g/mol. The van der Waals surface area contributed by atoms with E-state index in [-0.39, 0.29) is 44.2 Å². The standard InChI is InChI=1S/C21H29N3O7/c1-22-20(28)18(6-3-9-25)24-14-16-15(21(24)29)4-2-5-17(16)23-8-11-31-13-12-30-10-7-19(26)27/h2,4-5,9,18,23H,3,6-8,10-14H2,1H3,(H,22,28)(H,26,27). The molecule has 1 atom stereocenters. The van der Waals surface area contributed by atoms with Crippen molar-refractivity contribution in [2.75, 3.05) is 45.3 Å². The van der Waals surface area contributed by atoms with Crippen molar-refractivity contribution in [1.82, 2.24) is 10.2 Å². The molecule has 1 aliphatic heterocycles. The molecule has 3 N–H and O–H groups in total. The lowest BCUT2D eigenvalue weighted by Crippen LogP contribution is -2.46. The topological polar surface area (TPSA) is 134 Å². The summed E-state index contributed by atoms with van der Waals surface area (Å²) in [6.07, 6.45) is 1.18. The van der Waals surface area contributed by atoms with Gasteiger partial charge in [-0.1, -0.05) is 6.07 Å². The first kappa shape index (κ1) is 24.3. The first-order valence-electron chi connectivity index (χ1n) is 10.2. The largest absolute Gasteiger partial charge is 0.481 e. The molecule has 31 heavy (non-hydrogen) atoms. The quantitative estimate of drug-likeness (QED) is 0.270. The number of ether oxygens (including phenoxy) is 2. The lowest BCUT2D eigenvalue weighted by Gasteiger charge is -2.25. The third-order valence-corrected chi connectivity index (χ3v) is 4.87. The number of carboxylic acid groups (broad SMARTS) is 1. The molecule has 1 aromatic rings. The molecule has 0 aromatic heterocycles. The minimum Gasteiger partial charge on any atom is -0.481 e. The van der Waals surface area contributed by atoms with Gasteiger partial charge in [-0.25, -0.2) is 0 Å². The fourth-order valence-electron chi connectivity index (χ4n) is 3.33. The molecule has 0 spiro atoms. The number of hydrogen-bond acceptors (Lipinski definition) is 7. The SMILES string of the molecule is CNC(=O)C(CCC=O)N1Cc2c(NCCOCCOCCC(=O)O)cccc2C1=O. The van der Waals surface area contributed by atoms with Crippen molar-refractivity contribution in [3.05, 3.63) is 29.3 Å². The summed E-state index contributed by atoms with van der Waals surface area (Å²) < 4.78 is 10.6. The van der Waals surface area contributed by atoms with Gasteiger partial charge in [-0.3, -0.25) is 14.4 Å². The maximum atomic E-state index is 12.9. The summed E-state index contributed by atoms with van der Waals surface area (Å²) >= 11 is 0. The van der Waals surface area contributed by atoms with Crippen LogP contribution in [0.25, 0.3) is 0 Å². The molecular formula is C21H29N3O7. The van der Waals surface area contributed by atoms with Crippen LogP contribution in [0.1, 0.15) is 35.2 Å². The highest BCUT2D eigenvalue weighted by Gasteiger charge is 2.36. The van der Waals surface area contributed by atoms with Crippen molar-refractivity contribution in [2.45, 2.75) is 31.8 Å². The Kier molecular flexibility index (Phi) is 9.92. The number of aliphatic carboxylic acids is 1. The van der Waals surface area contributed by atoms with Gasteiger partial charge in [0.2, 0.25) is 5.91 Å². The van der Waals surface area contributed by atoms with Crippen molar-refractivity contribution in [3.8, 4) is 0 Å². The Bertz CT molecular complexity index is 784. The third kappa shape index (κ3) is 7.04. The van der Waals surface area contributed by atoms with Crippen molar-refractivity contribution >= 4 is 29.8 Å². The normalized spacial score (nSPS) is 13.6. The number of aldehydes is 1. The molecule has 170 valence electrons. The Balaban J connectivity index is 1.86. The first-order valence-corrected chi connectivity index (χ1v) is 10.2. The summed E-state index contributed by atoms with van der Waals surface area (Å²) in [6, 6.07) is 4.67. The number of likely N-dealkylation sites (N-methyl/N-ethyl adjacent to an activating group) is 1. The second-order valence-corrected chi connectivity index (χ2v) is 6.93. The first-order chi connectivity index (χ1) is 15.0. The fraction of sp³-hybridized carbons (Fsp3) is 0.524. The minimum atomic E-state index is -0.900. The predicted octanol–water partition coefficient (Wildman–Crippen LogP) is 0.656. The number of rotatable bonds is 15. The molecule has 0 fully saturated rings. The van der Waals surface area contributed by atoms with Gasteiger partial charge in [0, 0.05) is 43.4 Å². The van der Waals surface area contributed by atoms with Gasteiger partial charge in [-0.15, -0.1) is 0 Å². The van der Waals surface area contributed by atoms with Crippen molar-refractivity contribution < 1.29 is 33.8 Å². The van der Waals surface area contributed by atoms with E-state index in [1.807, 2.05) is 6.07 Å². The highest BCUT2D eigenvalue weighted by atomic mass is 16.5. The Morgan fingerprint density at radius 1 is 1.23 bits per heavy atom. The number of benzene rings is 1. The van der Waals surface area contributed by atoms with Crippen molar-refractivity contribution in [1.29, 1.82) is 0 Å².